The fourth-order valence-corrected chi connectivity index (χ4v) is 2.33. The van der Waals surface area contributed by atoms with E-state index in [1.165, 1.54) is 6.07 Å². The Balaban J connectivity index is 2.47. The molecule has 0 spiro atoms. The van der Waals surface area contributed by atoms with Crippen molar-refractivity contribution < 1.29 is 4.39 Å². The number of halogens is 3. The van der Waals surface area contributed by atoms with Gasteiger partial charge in [-0.1, -0.05) is 29.3 Å². The molecule has 2 aromatic rings. The van der Waals surface area contributed by atoms with Crippen molar-refractivity contribution in [2.45, 2.75) is 6.54 Å². The summed E-state index contributed by atoms with van der Waals surface area (Å²) in [5.41, 5.74) is 2.39. The first-order valence-corrected chi connectivity index (χ1v) is 6.25. The van der Waals surface area contributed by atoms with Crippen molar-refractivity contribution in [3.05, 3.63) is 57.8 Å². The maximum atomic E-state index is 13.5. The van der Waals surface area contributed by atoms with Gasteiger partial charge in [0.1, 0.15) is 5.82 Å². The molecule has 1 nitrogen and oxygen atoms in total. The van der Waals surface area contributed by atoms with Crippen LogP contribution in [0.4, 0.5) is 4.39 Å². The summed E-state index contributed by atoms with van der Waals surface area (Å²) in [7, 11) is 1.78. The van der Waals surface area contributed by atoms with Crippen LogP contribution in [0.15, 0.2) is 36.4 Å². The average Bonchev–Trinajstić information content (AvgIpc) is 2.31. The smallest absolute Gasteiger partial charge is 0.127 e. The van der Waals surface area contributed by atoms with Crippen molar-refractivity contribution in [3.63, 3.8) is 0 Å². The topological polar surface area (TPSA) is 12.0 Å². The van der Waals surface area contributed by atoms with Gasteiger partial charge in [-0.3, -0.25) is 0 Å². The maximum absolute atomic E-state index is 13.5. The van der Waals surface area contributed by atoms with Gasteiger partial charge in [0, 0.05) is 22.2 Å². The number of nitrogens with one attached hydrogen (secondary N) is 1. The summed E-state index contributed by atoms with van der Waals surface area (Å²) < 4.78 is 13.5. The second-order valence-corrected chi connectivity index (χ2v) is 4.87. The molecule has 0 bridgehead atoms. The van der Waals surface area contributed by atoms with Gasteiger partial charge in [-0.05, 0) is 48.5 Å². The van der Waals surface area contributed by atoms with E-state index in [1.54, 1.807) is 25.2 Å². The monoisotopic (exact) mass is 283 g/mol. The molecule has 0 radical (unpaired) electrons. The van der Waals surface area contributed by atoms with Gasteiger partial charge in [-0.15, -0.1) is 0 Å². The highest BCUT2D eigenvalue weighted by Crippen LogP contribution is 2.28. The third-order valence-electron chi connectivity index (χ3n) is 2.61. The van der Waals surface area contributed by atoms with E-state index < -0.39 is 0 Å². The number of hydrogen-bond donors (Lipinski definition) is 1. The minimum Gasteiger partial charge on any atom is -0.316 e. The minimum atomic E-state index is -0.221. The van der Waals surface area contributed by atoms with Gasteiger partial charge in [-0.2, -0.15) is 0 Å². The SMILES string of the molecule is CNCc1cc(-c2cc(Cl)cc(Cl)c2)ccc1F. The molecule has 18 heavy (non-hydrogen) atoms. The van der Waals surface area contributed by atoms with E-state index in [-0.39, 0.29) is 5.82 Å². The van der Waals surface area contributed by atoms with Gasteiger partial charge in [0.2, 0.25) is 0 Å². The highest BCUT2D eigenvalue weighted by molar-refractivity contribution is 6.35. The molecule has 0 aliphatic rings. The highest BCUT2D eigenvalue weighted by atomic mass is 35.5. The van der Waals surface area contributed by atoms with E-state index in [4.69, 9.17) is 23.2 Å². The molecule has 2 rings (SSSR count). The predicted octanol–water partition coefficient (Wildman–Crippen LogP) is 4.52. The van der Waals surface area contributed by atoms with E-state index in [0.717, 1.165) is 11.1 Å². The van der Waals surface area contributed by atoms with E-state index >= 15 is 0 Å². The fourth-order valence-electron chi connectivity index (χ4n) is 1.80. The number of hydrogen-bond acceptors (Lipinski definition) is 1. The zero-order chi connectivity index (χ0) is 13.1. The molecule has 0 saturated heterocycles. The van der Waals surface area contributed by atoms with Crippen LogP contribution in [0, 0.1) is 5.82 Å². The first kappa shape index (κ1) is 13.3. The summed E-state index contributed by atoms with van der Waals surface area (Å²) >= 11 is 11.9. The molecule has 4 heteroatoms. The van der Waals surface area contributed by atoms with Crippen molar-refractivity contribution >= 4 is 23.2 Å². The van der Waals surface area contributed by atoms with Gasteiger partial charge in [0.25, 0.3) is 0 Å². The Morgan fingerprint density at radius 3 is 2.28 bits per heavy atom. The molecule has 0 aliphatic heterocycles. The fraction of sp³-hybridized carbons (Fsp3) is 0.143. The molecule has 0 fully saturated rings. The third kappa shape index (κ3) is 3.02. The largest absolute Gasteiger partial charge is 0.316 e. The Bertz CT molecular complexity index is 549. The van der Waals surface area contributed by atoms with E-state index in [9.17, 15) is 4.39 Å². The van der Waals surface area contributed by atoms with Crippen LogP contribution in [0.2, 0.25) is 10.0 Å². The molecule has 1 N–H and O–H groups in total. The van der Waals surface area contributed by atoms with Crippen LogP contribution in [-0.4, -0.2) is 7.05 Å². The lowest BCUT2D eigenvalue weighted by molar-refractivity contribution is 0.601. The molecule has 2 aromatic carbocycles. The van der Waals surface area contributed by atoms with Crippen LogP contribution < -0.4 is 5.32 Å². The van der Waals surface area contributed by atoms with Gasteiger partial charge in [-0.25, -0.2) is 4.39 Å². The van der Waals surface area contributed by atoms with Gasteiger partial charge >= 0.3 is 0 Å². The lowest BCUT2D eigenvalue weighted by atomic mass is 10.0. The number of rotatable bonds is 3. The Hall–Kier alpha value is -1.09. The standard InChI is InChI=1S/C14H12Cl2FN/c1-18-8-11-4-9(2-3-14(11)17)10-5-12(15)7-13(16)6-10/h2-7,18H,8H2,1H3. The molecule has 0 aliphatic carbocycles. The molecule has 0 aromatic heterocycles. The average molecular weight is 284 g/mol. The second-order valence-electron chi connectivity index (χ2n) is 3.99. The molecule has 0 saturated carbocycles. The lowest BCUT2D eigenvalue weighted by Gasteiger charge is -2.08. The zero-order valence-corrected chi connectivity index (χ0v) is 11.3. The lowest BCUT2D eigenvalue weighted by Crippen LogP contribution is -2.07. The summed E-state index contributed by atoms with van der Waals surface area (Å²) in [5.74, 6) is -0.221. The van der Waals surface area contributed by atoms with Crippen LogP contribution in [-0.2, 0) is 6.54 Å². The second kappa shape index (κ2) is 5.70. The summed E-state index contributed by atoms with van der Waals surface area (Å²) in [5, 5.41) is 4.07. The summed E-state index contributed by atoms with van der Waals surface area (Å²) in [6, 6.07) is 10.3. The summed E-state index contributed by atoms with van der Waals surface area (Å²) in [4.78, 5) is 0. The molecule has 0 heterocycles. The van der Waals surface area contributed by atoms with Crippen molar-refractivity contribution in [2.24, 2.45) is 0 Å². The molecular formula is C14H12Cl2FN. The van der Waals surface area contributed by atoms with Crippen LogP contribution in [0.25, 0.3) is 11.1 Å². The molecule has 0 unspecified atom stereocenters. The summed E-state index contributed by atoms with van der Waals surface area (Å²) in [6.45, 7) is 0.480. The van der Waals surface area contributed by atoms with Crippen molar-refractivity contribution in [2.75, 3.05) is 7.05 Å². The molecule has 0 atom stereocenters. The minimum absolute atomic E-state index is 0.221. The van der Waals surface area contributed by atoms with E-state index in [1.807, 2.05) is 12.1 Å². The first-order valence-electron chi connectivity index (χ1n) is 5.49. The Morgan fingerprint density at radius 2 is 1.67 bits per heavy atom. The molecule has 94 valence electrons. The van der Waals surface area contributed by atoms with Gasteiger partial charge in [0.15, 0.2) is 0 Å². The van der Waals surface area contributed by atoms with E-state index in [2.05, 4.69) is 5.32 Å². The number of benzene rings is 2. The molecular weight excluding hydrogens is 272 g/mol. The Kier molecular flexibility index (Phi) is 4.23. The Labute approximate surface area is 116 Å². The third-order valence-corrected chi connectivity index (χ3v) is 3.05. The highest BCUT2D eigenvalue weighted by Gasteiger charge is 2.06. The van der Waals surface area contributed by atoms with Crippen molar-refractivity contribution in [1.29, 1.82) is 0 Å². The van der Waals surface area contributed by atoms with Crippen LogP contribution in [0.3, 0.4) is 0 Å². The van der Waals surface area contributed by atoms with Gasteiger partial charge in [0.05, 0.1) is 0 Å². The van der Waals surface area contributed by atoms with E-state index in [0.29, 0.717) is 22.2 Å². The molecule has 0 amide bonds. The van der Waals surface area contributed by atoms with Crippen LogP contribution >= 0.6 is 23.2 Å². The zero-order valence-electron chi connectivity index (χ0n) is 9.81. The van der Waals surface area contributed by atoms with Crippen LogP contribution in [0.5, 0.6) is 0 Å². The summed E-state index contributed by atoms with van der Waals surface area (Å²) in [6.07, 6.45) is 0. The van der Waals surface area contributed by atoms with Crippen molar-refractivity contribution in [1.82, 2.24) is 5.32 Å². The maximum Gasteiger partial charge on any atom is 0.127 e. The predicted molar refractivity (Wildman–Crippen MR) is 74.6 cm³/mol. The Morgan fingerprint density at radius 1 is 1.00 bits per heavy atom. The van der Waals surface area contributed by atoms with Crippen molar-refractivity contribution in [3.8, 4) is 11.1 Å². The first-order chi connectivity index (χ1) is 8.60. The normalized spacial score (nSPS) is 10.7. The van der Waals surface area contributed by atoms with Crippen LogP contribution in [0.1, 0.15) is 5.56 Å². The van der Waals surface area contributed by atoms with Gasteiger partial charge < -0.3 is 5.32 Å². The quantitative estimate of drug-likeness (QED) is 0.873.